The number of nitrogens with zero attached hydrogens (tertiary/aromatic N) is 1. The molecule has 2 aromatic rings. The lowest BCUT2D eigenvalue weighted by molar-refractivity contribution is -0.131. The molecule has 5 nitrogen and oxygen atoms in total. The fourth-order valence-electron chi connectivity index (χ4n) is 5.36. The topological polar surface area (TPSA) is 61.4 Å². The van der Waals surface area contributed by atoms with Crippen LogP contribution in [0.4, 0.5) is 5.69 Å². The van der Waals surface area contributed by atoms with Crippen molar-refractivity contribution in [1.82, 2.24) is 10.2 Å². The number of anilines is 1. The van der Waals surface area contributed by atoms with Gasteiger partial charge in [0.15, 0.2) is 0 Å². The van der Waals surface area contributed by atoms with E-state index >= 15 is 0 Å². The van der Waals surface area contributed by atoms with Crippen LogP contribution in [0.3, 0.4) is 0 Å². The van der Waals surface area contributed by atoms with E-state index in [1.165, 1.54) is 0 Å². The van der Waals surface area contributed by atoms with E-state index in [0.29, 0.717) is 22.2 Å². The third kappa shape index (κ3) is 3.70. The summed E-state index contributed by atoms with van der Waals surface area (Å²) in [7, 11) is 3.49. The van der Waals surface area contributed by atoms with Crippen LogP contribution in [0, 0.1) is 5.41 Å². The van der Waals surface area contributed by atoms with E-state index in [4.69, 9.17) is 23.2 Å². The Hall–Kier alpha value is -2.08. The summed E-state index contributed by atoms with van der Waals surface area (Å²) in [4.78, 5) is 28.9. The SMILES string of the molecule is CN(C)C(=O)[C@@H]1N[C@H](CC(C)(C)C)C2(C(=O)Nc3cc(Cl)ccc32)[C@H]1c1ccc(Cl)cc1. The van der Waals surface area contributed by atoms with E-state index in [2.05, 4.69) is 31.4 Å². The molecule has 0 bridgehead atoms. The second kappa shape index (κ2) is 8.05. The molecule has 4 atom stereocenters. The van der Waals surface area contributed by atoms with Gasteiger partial charge in [-0.25, -0.2) is 0 Å². The number of likely N-dealkylation sites (N-methyl/N-ethyl adjacent to an activating group) is 1. The molecule has 0 aromatic heterocycles. The van der Waals surface area contributed by atoms with E-state index < -0.39 is 17.4 Å². The fraction of sp³-hybridized carbons (Fsp3) is 0.440. The normalized spacial score (nSPS) is 26.8. The molecule has 2 amide bonds. The number of benzene rings is 2. The number of carbonyl (C=O) groups excluding carboxylic acids is 2. The Morgan fingerprint density at radius 2 is 1.69 bits per heavy atom. The predicted molar refractivity (Wildman–Crippen MR) is 129 cm³/mol. The van der Waals surface area contributed by atoms with Gasteiger partial charge in [0.05, 0.1) is 6.04 Å². The minimum Gasteiger partial charge on any atom is -0.347 e. The predicted octanol–water partition coefficient (Wildman–Crippen LogP) is 4.83. The zero-order chi connectivity index (χ0) is 23.4. The average molecular weight is 474 g/mol. The molecule has 0 saturated carbocycles. The summed E-state index contributed by atoms with van der Waals surface area (Å²) >= 11 is 12.4. The van der Waals surface area contributed by atoms with E-state index in [1.807, 2.05) is 36.4 Å². The Bertz CT molecular complexity index is 1060. The van der Waals surface area contributed by atoms with Crippen LogP contribution >= 0.6 is 23.2 Å². The molecule has 2 aliphatic rings. The molecule has 0 radical (unpaired) electrons. The molecule has 1 fully saturated rings. The lowest BCUT2D eigenvalue weighted by atomic mass is 9.62. The molecule has 0 aliphatic carbocycles. The monoisotopic (exact) mass is 473 g/mol. The van der Waals surface area contributed by atoms with Crippen molar-refractivity contribution in [2.24, 2.45) is 5.41 Å². The Kier molecular flexibility index (Phi) is 5.81. The maximum Gasteiger partial charge on any atom is 0.239 e. The Morgan fingerprint density at radius 1 is 1.06 bits per heavy atom. The summed E-state index contributed by atoms with van der Waals surface area (Å²) in [6.07, 6.45) is 0.712. The third-order valence-corrected chi connectivity index (χ3v) is 7.05. The van der Waals surface area contributed by atoms with Crippen molar-refractivity contribution in [3.05, 3.63) is 63.6 Å². The molecule has 1 saturated heterocycles. The van der Waals surface area contributed by atoms with Crippen LogP contribution in [0.1, 0.15) is 44.2 Å². The van der Waals surface area contributed by atoms with Gasteiger partial charge in [-0.15, -0.1) is 0 Å². The van der Waals surface area contributed by atoms with Crippen molar-refractivity contribution >= 4 is 40.7 Å². The number of fused-ring (bicyclic) bond motifs is 2. The van der Waals surface area contributed by atoms with Crippen LogP contribution in [0.25, 0.3) is 0 Å². The van der Waals surface area contributed by atoms with E-state index in [-0.39, 0.29) is 23.3 Å². The van der Waals surface area contributed by atoms with Gasteiger partial charge in [-0.1, -0.05) is 62.2 Å². The molecule has 1 spiro atoms. The van der Waals surface area contributed by atoms with Gasteiger partial charge < -0.3 is 15.5 Å². The first-order valence-electron chi connectivity index (χ1n) is 10.8. The zero-order valence-electron chi connectivity index (χ0n) is 19.0. The van der Waals surface area contributed by atoms with Gasteiger partial charge in [0.1, 0.15) is 5.41 Å². The summed E-state index contributed by atoms with van der Waals surface area (Å²) in [5, 5.41) is 7.83. The highest BCUT2D eigenvalue weighted by atomic mass is 35.5. The number of hydrogen-bond acceptors (Lipinski definition) is 3. The van der Waals surface area contributed by atoms with Gasteiger partial charge in [-0.2, -0.15) is 0 Å². The minimum atomic E-state index is -0.961. The number of nitrogens with one attached hydrogen (secondary N) is 2. The van der Waals surface area contributed by atoms with Gasteiger partial charge in [0.2, 0.25) is 11.8 Å². The highest BCUT2D eigenvalue weighted by Crippen LogP contribution is 2.56. The minimum absolute atomic E-state index is 0.0593. The third-order valence-electron chi connectivity index (χ3n) is 6.56. The number of carbonyl (C=O) groups is 2. The summed E-state index contributed by atoms with van der Waals surface area (Å²) in [5.41, 5.74) is 1.46. The van der Waals surface area contributed by atoms with Gasteiger partial charge in [-0.05, 0) is 47.2 Å². The molecule has 170 valence electrons. The van der Waals surface area contributed by atoms with Crippen molar-refractivity contribution in [3.63, 3.8) is 0 Å². The van der Waals surface area contributed by atoms with Crippen molar-refractivity contribution in [2.45, 2.75) is 50.6 Å². The van der Waals surface area contributed by atoms with Crippen molar-refractivity contribution in [2.75, 3.05) is 19.4 Å². The Labute approximate surface area is 199 Å². The molecule has 1 unspecified atom stereocenters. The molecular weight excluding hydrogens is 445 g/mol. The Morgan fingerprint density at radius 3 is 2.28 bits per heavy atom. The first kappa shape index (κ1) is 23.1. The van der Waals surface area contributed by atoms with Gasteiger partial charge in [0.25, 0.3) is 0 Å². The first-order chi connectivity index (χ1) is 14.9. The molecule has 7 heteroatoms. The van der Waals surface area contributed by atoms with Gasteiger partial charge in [0, 0.05) is 41.8 Å². The van der Waals surface area contributed by atoms with Crippen molar-refractivity contribution < 1.29 is 9.59 Å². The zero-order valence-corrected chi connectivity index (χ0v) is 20.5. The standard InChI is InChI=1S/C25H29Cl2N3O2/c1-24(2,3)13-19-25(17-11-10-16(27)12-18(17)28-23(25)32)20(14-6-8-15(26)9-7-14)21(29-19)22(31)30(4)5/h6-12,19-21,29H,13H2,1-5H3,(H,28,32)/t19-,20+,21-,25?/m1/s1. The number of rotatable bonds is 3. The molecule has 2 heterocycles. The summed E-state index contributed by atoms with van der Waals surface area (Å²) in [6.45, 7) is 6.45. The summed E-state index contributed by atoms with van der Waals surface area (Å²) in [6, 6.07) is 12.2. The highest BCUT2D eigenvalue weighted by molar-refractivity contribution is 6.31. The van der Waals surface area contributed by atoms with Crippen molar-refractivity contribution in [3.8, 4) is 0 Å². The number of hydrogen-bond donors (Lipinski definition) is 2. The van der Waals surface area contributed by atoms with E-state index in [0.717, 1.165) is 11.1 Å². The lowest BCUT2D eigenvalue weighted by Gasteiger charge is -2.37. The molecule has 2 aliphatic heterocycles. The lowest BCUT2D eigenvalue weighted by Crippen LogP contribution is -2.49. The average Bonchev–Trinajstić information content (AvgIpc) is 3.16. The maximum absolute atomic E-state index is 13.9. The fourth-order valence-corrected chi connectivity index (χ4v) is 5.66. The maximum atomic E-state index is 13.9. The van der Waals surface area contributed by atoms with Crippen LogP contribution in [0.15, 0.2) is 42.5 Å². The molecule has 2 aromatic carbocycles. The van der Waals surface area contributed by atoms with Crippen molar-refractivity contribution in [1.29, 1.82) is 0 Å². The smallest absolute Gasteiger partial charge is 0.239 e. The molecule has 4 rings (SSSR count). The second-order valence-corrected chi connectivity index (χ2v) is 11.1. The van der Waals surface area contributed by atoms with E-state index in [9.17, 15) is 9.59 Å². The second-order valence-electron chi connectivity index (χ2n) is 10.2. The van der Waals surface area contributed by atoms with Gasteiger partial charge >= 0.3 is 0 Å². The van der Waals surface area contributed by atoms with Crippen LogP contribution in [0.2, 0.25) is 10.0 Å². The van der Waals surface area contributed by atoms with Crippen LogP contribution < -0.4 is 10.6 Å². The molecule has 32 heavy (non-hydrogen) atoms. The number of amides is 2. The van der Waals surface area contributed by atoms with Crippen LogP contribution in [-0.2, 0) is 15.0 Å². The van der Waals surface area contributed by atoms with Crippen LogP contribution in [0.5, 0.6) is 0 Å². The summed E-state index contributed by atoms with van der Waals surface area (Å²) in [5.74, 6) is -0.578. The largest absolute Gasteiger partial charge is 0.347 e. The highest BCUT2D eigenvalue weighted by Gasteiger charge is 2.65. The Balaban J connectivity index is 2.00. The van der Waals surface area contributed by atoms with E-state index in [1.54, 1.807) is 25.1 Å². The van der Waals surface area contributed by atoms with Crippen LogP contribution in [-0.4, -0.2) is 42.9 Å². The molecule has 2 N–H and O–H groups in total. The summed E-state index contributed by atoms with van der Waals surface area (Å²) < 4.78 is 0. The first-order valence-corrected chi connectivity index (χ1v) is 11.5. The quantitative estimate of drug-likeness (QED) is 0.670. The molecular formula is C25H29Cl2N3O2. The van der Waals surface area contributed by atoms with Gasteiger partial charge in [-0.3, -0.25) is 9.59 Å². The number of halogens is 2.